The summed E-state index contributed by atoms with van der Waals surface area (Å²) in [5.74, 6) is 0.725. The third-order valence-electron chi connectivity index (χ3n) is 2.48. The van der Waals surface area contributed by atoms with Crippen LogP contribution in [0.1, 0.15) is 18.0 Å². The van der Waals surface area contributed by atoms with Gasteiger partial charge in [-0.25, -0.2) is 0 Å². The molecular formula is C11H14N2O2. The Balaban J connectivity index is 2.18. The Morgan fingerprint density at radius 3 is 3.13 bits per heavy atom. The second-order valence-electron chi connectivity index (χ2n) is 3.50. The summed E-state index contributed by atoms with van der Waals surface area (Å²) in [7, 11) is 0. The first-order chi connectivity index (χ1) is 7.31. The number of hydrogen-bond donors (Lipinski definition) is 2. The molecule has 0 radical (unpaired) electrons. The summed E-state index contributed by atoms with van der Waals surface area (Å²) in [6.45, 7) is 0.659. The molecule has 1 aliphatic heterocycles. The summed E-state index contributed by atoms with van der Waals surface area (Å²) in [6.07, 6.45) is 0.794. The van der Waals surface area contributed by atoms with Crippen molar-refractivity contribution in [3.63, 3.8) is 0 Å². The predicted octanol–water partition coefficient (Wildman–Crippen LogP) is 0.585. The molecule has 0 bridgehead atoms. The second-order valence-corrected chi connectivity index (χ2v) is 3.50. The van der Waals surface area contributed by atoms with Gasteiger partial charge in [0, 0.05) is 12.0 Å². The van der Waals surface area contributed by atoms with Crippen LogP contribution in [0.2, 0.25) is 0 Å². The van der Waals surface area contributed by atoms with Crippen molar-refractivity contribution < 1.29 is 9.53 Å². The van der Waals surface area contributed by atoms with E-state index in [1.807, 2.05) is 24.3 Å². The van der Waals surface area contributed by atoms with Gasteiger partial charge < -0.3 is 15.8 Å². The van der Waals surface area contributed by atoms with Gasteiger partial charge >= 0.3 is 0 Å². The van der Waals surface area contributed by atoms with Gasteiger partial charge in [0.1, 0.15) is 5.75 Å². The normalized spacial score (nSPS) is 18.9. The van der Waals surface area contributed by atoms with E-state index in [0.717, 1.165) is 17.7 Å². The summed E-state index contributed by atoms with van der Waals surface area (Å²) >= 11 is 0. The molecule has 0 saturated heterocycles. The molecule has 0 aliphatic carbocycles. The van der Waals surface area contributed by atoms with Crippen molar-refractivity contribution >= 4 is 5.91 Å². The van der Waals surface area contributed by atoms with Crippen LogP contribution in [0.15, 0.2) is 24.3 Å². The summed E-state index contributed by atoms with van der Waals surface area (Å²) in [5.41, 5.74) is 6.30. The first-order valence-corrected chi connectivity index (χ1v) is 5.02. The first-order valence-electron chi connectivity index (χ1n) is 5.02. The van der Waals surface area contributed by atoms with Crippen molar-refractivity contribution in [2.75, 3.05) is 13.2 Å². The lowest BCUT2D eigenvalue weighted by atomic mass is 10.0. The van der Waals surface area contributed by atoms with Gasteiger partial charge in [0.05, 0.1) is 19.2 Å². The topological polar surface area (TPSA) is 64.4 Å². The number of fused-ring (bicyclic) bond motifs is 1. The lowest BCUT2D eigenvalue weighted by Crippen LogP contribution is -2.36. The number of amides is 1. The van der Waals surface area contributed by atoms with Crippen molar-refractivity contribution in [1.29, 1.82) is 0 Å². The van der Waals surface area contributed by atoms with Gasteiger partial charge in [0.2, 0.25) is 5.91 Å². The highest BCUT2D eigenvalue weighted by molar-refractivity contribution is 5.78. The van der Waals surface area contributed by atoms with E-state index >= 15 is 0 Å². The van der Waals surface area contributed by atoms with Gasteiger partial charge in [-0.05, 0) is 6.07 Å². The Bertz CT molecular complexity index is 365. The zero-order valence-corrected chi connectivity index (χ0v) is 8.40. The van der Waals surface area contributed by atoms with E-state index < -0.39 is 0 Å². The Hall–Kier alpha value is -1.55. The quantitative estimate of drug-likeness (QED) is 0.744. The minimum atomic E-state index is -0.128. The SMILES string of the molecule is NCC(=O)NC1CCOc2ccccc21. The Kier molecular flexibility index (Phi) is 2.87. The van der Waals surface area contributed by atoms with Crippen LogP contribution in [-0.2, 0) is 4.79 Å². The van der Waals surface area contributed by atoms with E-state index in [-0.39, 0.29) is 18.5 Å². The van der Waals surface area contributed by atoms with E-state index in [1.165, 1.54) is 0 Å². The molecule has 1 aromatic carbocycles. The highest BCUT2D eigenvalue weighted by Crippen LogP contribution is 2.31. The largest absolute Gasteiger partial charge is 0.493 e. The van der Waals surface area contributed by atoms with Crippen LogP contribution in [0, 0.1) is 0 Å². The maximum Gasteiger partial charge on any atom is 0.234 e. The number of ether oxygens (including phenoxy) is 1. The molecule has 1 unspecified atom stereocenters. The zero-order chi connectivity index (χ0) is 10.7. The van der Waals surface area contributed by atoms with Crippen LogP contribution < -0.4 is 15.8 Å². The lowest BCUT2D eigenvalue weighted by Gasteiger charge is -2.26. The van der Waals surface area contributed by atoms with Crippen molar-refractivity contribution in [3.8, 4) is 5.75 Å². The van der Waals surface area contributed by atoms with Crippen LogP contribution in [0.5, 0.6) is 5.75 Å². The Morgan fingerprint density at radius 1 is 1.53 bits per heavy atom. The van der Waals surface area contributed by atoms with Crippen molar-refractivity contribution in [3.05, 3.63) is 29.8 Å². The molecular weight excluding hydrogens is 192 g/mol. The summed E-state index contributed by atoms with van der Waals surface area (Å²) in [4.78, 5) is 11.2. The summed E-state index contributed by atoms with van der Waals surface area (Å²) < 4.78 is 5.49. The number of rotatable bonds is 2. The van der Waals surface area contributed by atoms with E-state index in [2.05, 4.69) is 5.32 Å². The van der Waals surface area contributed by atoms with Crippen LogP contribution >= 0.6 is 0 Å². The van der Waals surface area contributed by atoms with Crippen molar-refractivity contribution in [1.82, 2.24) is 5.32 Å². The average molecular weight is 206 g/mol. The van der Waals surface area contributed by atoms with Crippen LogP contribution in [0.3, 0.4) is 0 Å². The fraction of sp³-hybridized carbons (Fsp3) is 0.364. The molecule has 1 aliphatic rings. The molecule has 0 fully saturated rings. The monoisotopic (exact) mass is 206 g/mol. The molecule has 1 aromatic rings. The molecule has 0 aromatic heterocycles. The zero-order valence-electron chi connectivity index (χ0n) is 8.40. The maximum absolute atomic E-state index is 11.2. The van der Waals surface area contributed by atoms with Gasteiger partial charge in [-0.15, -0.1) is 0 Å². The highest BCUT2D eigenvalue weighted by Gasteiger charge is 2.21. The third-order valence-corrected chi connectivity index (χ3v) is 2.48. The molecule has 80 valence electrons. The highest BCUT2D eigenvalue weighted by atomic mass is 16.5. The van der Waals surface area contributed by atoms with Gasteiger partial charge in [-0.3, -0.25) is 4.79 Å². The fourth-order valence-electron chi connectivity index (χ4n) is 1.75. The number of nitrogens with two attached hydrogens (primary N) is 1. The molecule has 1 heterocycles. The van der Waals surface area contributed by atoms with Gasteiger partial charge in [-0.2, -0.15) is 0 Å². The smallest absolute Gasteiger partial charge is 0.234 e. The second kappa shape index (κ2) is 4.31. The maximum atomic E-state index is 11.2. The van der Waals surface area contributed by atoms with Crippen LogP contribution in [-0.4, -0.2) is 19.1 Å². The van der Waals surface area contributed by atoms with Gasteiger partial charge in [0.25, 0.3) is 0 Å². The Morgan fingerprint density at radius 2 is 2.33 bits per heavy atom. The number of benzene rings is 1. The number of hydrogen-bond acceptors (Lipinski definition) is 3. The van der Waals surface area contributed by atoms with Crippen LogP contribution in [0.25, 0.3) is 0 Å². The van der Waals surface area contributed by atoms with E-state index in [9.17, 15) is 4.79 Å². The Labute approximate surface area is 88.4 Å². The van der Waals surface area contributed by atoms with Crippen molar-refractivity contribution in [2.24, 2.45) is 5.73 Å². The molecule has 0 saturated carbocycles. The number of para-hydroxylation sites is 1. The molecule has 1 amide bonds. The summed E-state index contributed by atoms with van der Waals surface area (Å²) in [5, 5.41) is 2.88. The molecule has 4 nitrogen and oxygen atoms in total. The molecule has 15 heavy (non-hydrogen) atoms. The molecule has 0 spiro atoms. The number of carbonyl (C=O) groups is 1. The fourth-order valence-corrected chi connectivity index (χ4v) is 1.75. The van der Waals surface area contributed by atoms with Crippen molar-refractivity contribution in [2.45, 2.75) is 12.5 Å². The van der Waals surface area contributed by atoms with Crippen LogP contribution in [0.4, 0.5) is 0 Å². The van der Waals surface area contributed by atoms with Gasteiger partial charge in [-0.1, -0.05) is 18.2 Å². The molecule has 3 N–H and O–H groups in total. The van der Waals surface area contributed by atoms with E-state index in [4.69, 9.17) is 10.5 Å². The van der Waals surface area contributed by atoms with E-state index in [0.29, 0.717) is 6.61 Å². The first kappa shape index (κ1) is 9.98. The van der Waals surface area contributed by atoms with Gasteiger partial charge in [0.15, 0.2) is 0 Å². The molecule has 1 atom stereocenters. The predicted molar refractivity (Wildman–Crippen MR) is 56.5 cm³/mol. The molecule has 4 heteroatoms. The van der Waals surface area contributed by atoms with E-state index in [1.54, 1.807) is 0 Å². The number of carbonyl (C=O) groups excluding carboxylic acids is 1. The minimum absolute atomic E-state index is 0.0273. The minimum Gasteiger partial charge on any atom is -0.493 e. The standard InChI is InChI=1S/C11H14N2O2/c12-7-11(14)13-9-5-6-15-10-4-2-1-3-8(9)10/h1-4,9H,5-7,12H2,(H,13,14). The summed E-state index contributed by atoms with van der Waals surface area (Å²) in [6, 6.07) is 7.78. The average Bonchev–Trinajstić information content (AvgIpc) is 2.29. The number of nitrogens with one attached hydrogen (secondary N) is 1. The molecule has 2 rings (SSSR count). The third kappa shape index (κ3) is 2.10. The lowest BCUT2D eigenvalue weighted by molar-refractivity contribution is -0.120.